The van der Waals surface area contributed by atoms with E-state index in [9.17, 15) is 4.79 Å². The van der Waals surface area contributed by atoms with Gasteiger partial charge >= 0.3 is 0 Å². The Hall–Kier alpha value is -1.35. The molecular weight excluding hydrogens is 296 g/mol. The number of carbonyl (C=O) groups is 1. The van der Waals surface area contributed by atoms with Gasteiger partial charge in [-0.05, 0) is 36.7 Å². The second-order valence-corrected chi connectivity index (χ2v) is 8.06. The van der Waals surface area contributed by atoms with Crippen LogP contribution in [0.5, 0.6) is 0 Å². The van der Waals surface area contributed by atoms with Gasteiger partial charge in [0.25, 0.3) is 0 Å². The lowest BCUT2D eigenvalue weighted by atomic mass is 9.89. The summed E-state index contributed by atoms with van der Waals surface area (Å²) in [5, 5.41) is 3.36. The minimum absolute atomic E-state index is 0.140. The van der Waals surface area contributed by atoms with E-state index >= 15 is 0 Å². The maximum absolute atomic E-state index is 13.2. The average Bonchev–Trinajstić information content (AvgIpc) is 2.56. The van der Waals surface area contributed by atoms with E-state index in [0.717, 1.165) is 31.5 Å². The first kappa shape index (κ1) is 17.5. The van der Waals surface area contributed by atoms with Crippen LogP contribution in [-0.2, 0) is 4.79 Å². The van der Waals surface area contributed by atoms with Crippen molar-refractivity contribution in [1.82, 2.24) is 10.2 Å². The molecule has 0 aromatic heterocycles. The smallest absolute Gasteiger partial charge is 0.242 e. The van der Waals surface area contributed by atoms with E-state index in [1.54, 1.807) is 0 Å². The highest BCUT2D eigenvalue weighted by atomic mass is 16.2. The molecule has 1 saturated heterocycles. The van der Waals surface area contributed by atoms with Crippen LogP contribution in [0.1, 0.15) is 64.0 Å². The molecule has 3 nitrogen and oxygen atoms in total. The summed E-state index contributed by atoms with van der Waals surface area (Å²) in [5.74, 6) is 1.51. The molecule has 2 aliphatic rings. The molecule has 3 heteroatoms. The maximum Gasteiger partial charge on any atom is 0.242 e. The predicted molar refractivity (Wildman–Crippen MR) is 98.7 cm³/mol. The van der Waals surface area contributed by atoms with Crippen LogP contribution in [0.4, 0.5) is 0 Å². The molecular formula is C21H32N2O. The minimum Gasteiger partial charge on any atom is -0.352 e. The first-order valence-electron chi connectivity index (χ1n) is 9.73. The Morgan fingerprint density at radius 2 is 1.67 bits per heavy atom. The summed E-state index contributed by atoms with van der Waals surface area (Å²) in [6.45, 7) is 6.65. The zero-order valence-corrected chi connectivity index (χ0v) is 15.2. The third kappa shape index (κ3) is 4.38. The van der Waals surface area contributed by atoms with Gasteiger partial charge in [-0.1, -0.05) is 63.4 Å². The summed E-state index contributed by atoms with van der Waals surface area (Å²) < 4.78 is 0. The van der Waals surface area contributed by atoms with Crippen molar-refractivity contribution < 1.29 is 4.79 Å². The fourth-order valence-electron chi connectivity index (χ4n) is 4.61. The van der Waals surface area contributed by atoms with Gasteiger partial charge in [0.1, 0.15) is 6.04 Å². The second-order valence-electron chi connectivity index (χ2n) is 8.06. The lowest BCUT2D eigenvalue weighted by molar-refractivity contribution is -0.128. The molecule has 132 valence electrons. The van der Waals surface area contributed by atoms with Crippen molar-refractivity contribution in [2.24, 2.45) is 11.8 Å². The van der Waals surface area contributed by atoms with Crippen molar-refractivity contribution >= 4 is 5.91 Å². The van der Waals surface area contributed by atoms with E-state index in [-0.39, 0.29) is 11.9 Å². The van der Waals surface area contributed by atoms with Crippen molar-refractivity contribution in [3.63, 3.8) is 0 Å². The summed E-state index contributed by atoms with van der Waals surface area (Å²) in [7, 11) is 0. The van der Waals surface area contributed by atoms with Gasteiger partial charge in [0.2, 0.25) is 5.91 Å². The highest BCUT2D eigenvalue weighted by Gasteiger charge is 2.33. The number of carbonyl (C=O) groups excluding carboxylic acids is 1. The number of likely N-dealkylation sites (tertiary alicyclic amines) is 1. The molecule has 1 aliphatic heterocycles. The van der Waals surface area contributed by atoms with Gasteiger partial charge in [0, 0.05) is 19.1 Å². The van der Waals surface area contributed by atoms with Crippen LogP contribution >= 0.6 is 0 Å². The van der Waals surface area contributed by atoms with E-state index in [0.29, 0.717) is 17.9 Å². The molecule has 1 aromatic rings. The number of hydrogen-bond acceptors (Lipinski definition) is 2. The molecule has 1 amide bonds. The van der Waals surface area contributed by atoms with Gasteiger partial charge in [0.15, 0.2) is 0 Å². The summed E-state index contributed by atoms with van der Waals surface area (Å²) in [6.07, 6.45) is 7.36. The van der Waals surface area contributed by atoms with Crippen LogP contribution < -0.4 is 5.32 Å². The van der Waals surface area contributed by atoms with Crippen LogP contribution in [0.15, 0.2) is 30.3 Å². The molecule has 1 saturated carbocycles. The average molecular weight is 328 g/mol. The highest BCUT2D eigenvalue weighted by Crippen LogP contribution is 2.30. The number of nitrogens with zero attached hydrogens (tertiary/aromatic N) is 1. The number of hydrogen-bond donors (Lipinski definition) is 1. The number of rotatable bonds is 4. The Morgan fingerprint density at radius 3 is 2.29 bits per heavy atom. The molecule has 1 heterocycles. The Morgan fingerprint density at radius 1 is 1.04 bits per heavy atom. The predicted octanol–water partition coefficient (Wildman–Crippen LogP) is 4.15. The standard InChI is InChI=1S/C21H32N2O/c1-16-13-17(2)15-23(14-16)20(18-9-5-3-6-10-18)21(24)22-19-11-7-4-8-12-19/h3,5-6,9-10,16-17,19-20H,4,7-8,11-15H2,1-2H3,(H,22,24). The molecule has 24 heavy (non-hydrogen) atoms. The molecule has 1 aliphatic carbocycles. The van der Waals surface area contributed by atoms with Crippen molar-refractivity contribution in [3.8, 4) is 0 Å². The molecule has 2 fully saturated rings. The monoisotopic (exact) mass is 328 g/mol. The third-order valence-corrected chi connectivity index (χ3v) is 5.58. The quantitative estimate of drug-likeness (QED) is 0.900. The first-order valence-corrected chi connectivity index (χ1v) is 9.73. The Balaban J connectivity index is 1.77. The zero-order chi connectivity index (χ0) is 16.9. The maximum atomic E-state index is 13.2. The molecule has 1 aromatic carbocycles. The third-order valence-electron chi connectivity index (χ3n) is 5.58. The number of piperidine rings is 1. The summed E-state index contributed by atoms with van der Waals surface area (Å²) >= 11 is 0. The summed E-state index contributed by atoms with van der Waals surface area (Å²) in [6, 6.07) is 10.6. The molecule has 3 atom stereocenters. The van der Waals surface area contributed by atoms with E-state index in [1.165, 1.54) is 25.7 Å². The molecule has 1 N–H and O–H groups in total. The van der Waals surface area contributed by atoms with Crippen LogP contribution in [-0.4, -0.2) is 29.9 Å². The number of nitrogens with one attached hydrogen (secondary N) is 1. The highest BCUT2D eigenvalue weighted by molar-refractivity contribution is 5.83. The minimum atomic E-state index is -0.140. The van der Waals surface area contributed by atoms with Crippen molar-refractivity contribution in [3.05, 3.63) is 35.9 Å². The SMILES string of the molecule is CC1CC(C)CN(C(C(=O)NC2CCCCC2)c2ccccc2)C1. The van der Waals surface area contributed by atoms with Gasteiger partial charge in [0.05, 0.1) is 0 Å². The fraction of sp³-hybridized carbons (Fsp3) is 0.667. The van der Waals surface area contributed by atoms with Gasteiger partial charge in [-0.3, -0.25) is 9.69 Å². The summed E-state index contributed by atoms with van der Waals surface area (Å²) in [5.41, 5.74) is 1.13. The molecule has 0 bridgehead atoms. The topological polar surface area (TPSA) is 32.3 Å². The van der Waals surface area contributed by atoms with E-state index < -0.39 is 0 Å². The van der Waals surface area contributed by atoms with Gasteiger partial charge in [-0.15, -0.1) is 0 Å². The Labute approximate surface area is 146 Å². The van der Waals surface area contributed by atoms with Gasteiger partial charge in [-0.2, -0.15) is 0 Å². The van der Waals surface area contributed by atoms with Gasteiger partial charge in [-0.25, -0.2) is 0 Å². The molecule has 0 radical (unpaired) electrons. The van der Waals surface area contributed by atoms with Crippen molar-refractivity contribution in [2.75, 3.05) is 13.1 Å². The van der Waals surface area contributed by atoms with Crippen LogP contribution in [0.25, 0.3) is 0 Å². The number of amides is 1. The largest absolute Gasteiger partial charge is 0.352 e. The summed E-state index contributed by atoms with van der Waals surface area (Å²) in [4.78, 5) is 15.6. The second kappa shape index (κ2) is 8.15. The van der Waals surface area contributed by atoms with E-state index in [1.807, 2.05) is 18.2 Å². The molecule has 3 unspecified atom stereocenters. The van der Waals surface area contributed by atoms with E-state index in [2.05, 4.69) is 36.2 Å². The molecule has 3 rings (SSSR count). The van der Waals surface area contributed by atoms with E-state index in [4.69, 9.17) is 0 Å². The van der Waals surface area contributed by atoms with Crippen LogP contribution in [0.2, 0.25) is 0 Å². The normalized spacial score (nSPS) is 27.6. The zero-order valence-electron chi connectivity index (χ0n) is 15.2. The number of benzene rings is 1. The Kier molecular flexibility index (Phi) is 5.94. The first-order chi connectivity index (χ1) is 11.6. The lowest BCUT2D eigenvalue weighted by Crippen LogP contribution is -2.49. The Bertz CT molecular complexity index is 514. The molecule has 0 spiro atoms. The van der Waals surface area contributed by atoms with Crippen LogP contribution in [0.3, 0.4) is 0 Å². The van der Waals surface area contributed by atoms with Crippen LogP contribution in [0, 0.1) is 11.8 Å². The lowest BCUT2D eigenvalue weighted by Gasteiger charge is -2.40. The van der Waals surface area contributed by atoms with Crippen molar-refractivity contribution in [1.29, 1.82) is 0 Å². The van der Waals surface area contributed by atoms with Gasteiger partial charge < -0.3 is 5.32 Å². The fourth-order valence-corrected chi connectivity index (χ4v) is 4.61. The van der Waals surface area contributed by atoms with Crippen molar-refractivity contribution in [2.45, 2.75) is 64.5 Å².